The second-order valence-corrected chi connectivity index (χ2v) is 6.75. The molecule has 3 aromatic rings. The van der Waals surface area contributed by atoms with Gasteiger partial charge in [0.2, 0.25) is 0 Å². The quantitative estimate of drug-likeness (QED) is 0.413. The van der Waals surface area contributed by atoms with Gasteiger partial charge in [-0.05, 0) is 36.5 Å². The molecule has 0 bridgehead atoms. The molecule has 0 spiro atoms. The summed E-state index contributed by atoms with van der Waals surface area (Å²) in [4.78, 5) is 14.0. The minimum absolute atomic E-state index is 0.375. The highest BCUT2D eigenvalue weighted by Gasteiger charge is 2.19. The minimum atomic E-state index is 0.375. The van der Waals surface area contributed by atoms with Crippen molar-refractivity contribution in [3.05, 3.63) is 102 Å². The van der Waals surface area contributed by atoms with E-state index in [4.69, 9.17) is 9.79 Å². The second kappa shape index (κ2) is 10.2. The van der Waals surface area contributed by atoms with Gasteiger partial charge in [-0.1, -0.05) is 79.2 Å². The molecule has 0 radical (unpaired) electrons. The van der Waals surface area contributed by atoms with Crippen LogP contribution in [0.1, 0.15) is 41.9 Å². The van der Waals surface area contributed by atoms with Crippen molar-refractivity contribution in [2.24, 2.45) is 4.99 Å². The Balaban J connectivity index is 0.000000516. The molecule has 4 rings (SSSR count). The van der Waals surface area contributed by atoms with Crippen LogP contribution in [0.15, 0.2) is 89.9 Å². The van der Waals surface area contributed by atoms with E-state index in [2.05, 4.69) is 77.5 Å². The number of benzene rings is 3. The number of rotatable bonds is 5. The molecule has 28 heavy (non-hydrogen) atoms. The van der Waals surface area contributed by atoms with E-state index in [1.54, 1.807) is 0 Å². The Bertz CT molecular complexity index is 859. The topological polar surface area (TPSA) is 38.7 Å². The predicted molar refractivity (Wildman–Crippen MR) is 114 cm³/mol. The van der Waals surface area contributed by atoms with Gasteiger partial charge in [-0.3, -0.25) is 4.79 Å². The van der Waals surface area contributed by atoms with Crippen LogP contribution in [0.3, 0.4) is 0 Å². The van der Waals surface area contributed by atoms with Gasteiger partial charge in [0.1, 0.15) is 0 Å². The van der Waals surface area contributed by atoms with Crippen molar-refractivity contribution in [2.45, 2.75) is 25.2 Å². The summed E-state index contributed by atoms with van der Waals surface area (Å²) in [5.41, 5.74) is 5.81. The van der Waals surface area contributed by atoms with E-state index < -0.39 is 0 Å². The van der Waals surface area contributed by atoms with Gasteiger partial charge in [-0.2, -0.15) is 0 Å². The molecule has 1 fully saturated rings. The van der Waals surface area contributed by atoms with E-state index in [1.807, 2.05) is 12.1 Å². The third-order valence-electron chi connectivity index (χ3n) is 4.88. The highest BCUT2D eigenvalue weighted by molar-refractivity contribution is 6.13. The van der Waals surface area contributed by atoms with Crippen molar-refractivity contribution in [3.8, 4) is 0 Å². The van der Waals surface area contributed by atoms with Crippen LogP contribution >= 0.6 is 0 Å². The monoisotopic (exact) mass is 371 g/mol. The number of ether oxygens (including phenoxy) is 1. The second-order valence-electron chi connectivity index (χ2n) is 6.75. The lowest BCUT2D eigenvalue weighted by atomic mass is 9.80. The fourth-order valence-corrected chi connectivity index (χ4v) is 3.21. The first kappa shape index (κ1) is 19.6. The van der Waals surface area contributed by atoms with Gasteiger partial charge >= 0.3 is 0 Å². The van der Waals surface area contributed by atoms with Crippen molar-refractivity contribution < 1.29 is 9.53 Å². The summed E-state index contributed by atoms with van der Waals surface area (Å²) in [5.74, 6) is 0.733. The van der Waals surface area contributed by atoms with E-state index in [0.29, 0.717) is 6.47 Å². The normalized spacial score (nSPS) is 12.8. The van der Waals surface area contributed by atoms with Gasteiger partial charge in [-0.25, -0.2) is 4.99 Å². The third-order valence-corrected chi connectivity index (χ3v) is 4.88. The van der Waals surface area contributed by atoms with Gasteiger partial charge in [0, 0.05) is 11.1 Å². The lowest BCUT2D eigenvalue weighted by molar-refractivity contribution is -0.126. The van der Waals surface area contributed by atoms with Crippen LogP contribution < -0.4 is 0 Å². The zero-order valence-corrected chi connectivity index (χ0v) is 16.1. The van der Waals surface area contributed by atoms with E-state index in [1.165, 1.54) is 31.9 Å². The standard InChI is InChI=1S/C23H21N.C2H4O2/c1-3-9-19(10-4-1)23(20-11-5-2-6-12-20)24-22-16-8-15-21(17-22)18-13-7-14-18;1-4-2-3/h1-6,8-12,15-18H,7,13-14H2;2H,1H3. The van der Waals surface area contributed by atoms with Gasteiger partial charge < -0.3 is 4.74 Å². The molecule has 1 aliphatic rings. The maximum atomic E-state index is 8.95. The summed E-state index contributed by atoms with van der Waals surface area (Å²) in [6.45, 7) is 0.375. The molecule has 0 heterocycles. The molecule has 1 saturated carbocycles. The number of hydrogen-bond acceptors (Lipinski definition) is 3. The highest BCUT2D eigenvalue weighted by Crippen LogP contribution is 2.37. The number of carbonyl (C=O) groups excluding carboxylic acids is 1. The Morgan fingerprint density at radius 3 is 1.93 bits per heavy atom. The van der Waals surface area contributed by atoms with Crippen LogP contribution in [0.2, 0.25) is 0 Å². The molecule has 0 aliphatic heterocycles. The predicted octanol–water partition coefficient (Wildman–Crippen LogP) is 5.91. The third kappa shape index (κ3) is 5.17. The number of hydrogen-bond donors (Lipinski definition) is 0. The van der Waals surface area contributed by atoms with Crippen LogP contribution in [0.25, 0.3) is 0 Å². The maximum Gasteiger partial charge on any atom is 0.292 e. The summed E-state index contributed by atoms with van der Waals surface area (Å²) in [7, 11) is 1.31. The molecule has 0 N–H and O–H groups in total. The molecule has 3 aromatic carbocycles. The summed E-state index contributed by atoms with van der Waals surface area (Å²) in [6.07, 6.45) is 3.99. The molecule has 0 unspecified atom stereocenters. The summed E-state index contributed by atoms with van der Waals surface area (Å²) in [6, 6.07) is 29.6. The Kier molecular flexibility index (Phi) is 7.14. The fourth-order valence-electron chi connectivity index (χ4n) is 3.21. The first-order valence-electron chi connectivity index (χ1n) is 9.57. The summed E-state index contributed by atoms with van der Waals surface area (Å²) in [5, 5.41) is 0. The molecule has 0 atom stereocenters. The minimum Gasteiger partial charge on any atom is -0.471 e. The van der Waals surface area contributed by atoms with Gasteiger partial charge in [0.25, 0.3) is 6.47 Å². The Morgan fingerprint density at radius 1 is 0.893 bits per heavy atom. The molecule has 0 aromatic heterocycles. The number of carbonyl (C=O) groups is 1. The Labute approximate surface area is 166 Å². The lowest BCUT2D eigenvalue weighted by Gasteiger charge is -2.25. The van der Waals surface area contributed by atoms with Crippen LogP contribution in [-0.2, 0) is 9.53 Å². The first-order chi connectivity index (χ1) is 13.8. The molecular formula is C25H25NO2. The number of aliphatic imine (C=N–C) groups is 1. The maximum absolute atomic E-state index is 8.95. The van der Waals surface area contributed by atoms with E-state index >= 15 is 0 Å². The van der Waals surface area contributed by atoms with Crippen molar-refractivity contribution in [1.29, 1.82) is 0 Å². The van der Waals surface area contributed by atoms with Crippen LogP contribution in [-0.4, -0.2) is 19.3 Å². The molecule has 3 heteroatoms. The van der Waals surface area contributed by atoms with Gasteiger partial charge in [-0.15, -0.1) is 0 Å². The average molecular weight is 371 g/mol. The SMILES string of the molecule is COC=O.c1ccc(C(=Nc2cccc(C3CCC3)c2)c2ccccc2)cc1. The van der Waals surface area contributed by atoms with E-state index in [9.17, 15) is 0 Å². The largest absolute Gasteiger partial charge is 0.471 e. The smallest absolute Gasteiger partial charge is 0.292 e. The van der Waals surface area contributed by atoms with Crippen molar-refractivity contribution >= 4 is 17.9 Å². The van der Waals surface area contributed by atoms with Crippen molar-refractivity contribution in [2.75, 3.05) is 7.11 Å². The molecule has 1 aliphatic carbocycles. The number of nitrogens with zero attached hydrogens (tertiary/aromatic N) is 1. The van der Waals surface area contributed by atoms with Crippen molar-refractivity contribution in [3.63, 3.8) is 0 Å². The zero-order chi connectivity index (χ0) is 19.6. The molecular weight excluding hydrogens is 346 g/mol. The lowest BCUT2D eigenvalue weighted by Crippen LogP contribution is -2.08. The van der Waals surface area contributed by atoms with Crippen LogP contribution in [0, 0.1) is 0 Å². The summed E-state index contributed by atoms with van der Waals surface area (Å²) >= 11 is 0. The summed E-state index contributed by atoms with van der Waals surface area (Å²) < 4.78 is 3.86. The first-order valence-corrected chi connectivity index (χ1v) is 9.57. The average Bonchev–Trinajstić information content (AvgIpc) is 2.72. The van der Waals surface area contributed by atoms with Gasteiger partial charge in [0.15, 0.2) is 0 Å². The molecule has 0 saturated heterocycles. The van der Waals surface area contributed by atoms with Crippen molar-refractivity contribution in [1.82, 2.24) is 0 Å². The van der Waals surface area contributed by atoms with Gasteiger partial charge in [0.05, 0.1) is 18.5 Å². The number of methoxy groups -OCH3 is 1. The molecule has 0 amide bonds. The Morgan fingerprint density at radius 2 is 1.46 bits per heavy atom. The molecule has 142 valence electrons. The van der Waals surface area contributed by atoms with Crippen LogP contribution in [0.4, 0.5) is 5.69 Å². The highest BCUT2D eigenvalue weighted by atomic mass is 16.5. The molecule has 3 nitrogen and oxygen atoms in total. The van der Waals surface area contributed by atoms with Crippen LogP contribution in [0.5, 0.6) is 0 Å². The fraction of sp³-hybridized carbons (Fsp3) is 0.200. The Hall–Kier alpha value is -3.20. The van der Waals surface area contributed by atoms with E-state index in [-0.39, 0.29) is 0 Å². The zero-order valence-electron chi connectivity index (χ0n) is 16.1. The van der Waals surface area contributed by atoms with E-state index in [0.717, 1.165) is 28.4 Å².